The Morgan fingerprint density at radius 2 is 1.87 bits per heavy atom. The molecular formula is C28H28F3N3O5. The molecule has 11 heteroatoms. The maximum absolute atomic E-state index is 13.5. The molecule has 3 heterocycles. The fourth-order valence-electron chi connectivity index (χ4n) is 5.04. The minimum absolute atomic E-state index is 0.00114. The van der Waals surface area contributed by atoms with E-state index in [0.29, 0.717) is 35.4 Å². The lowest BCUT2D eigenvalue weighted by atomic mass is 9.81. The number of ether oxygens (including phenoxy) is 2. The van der Waals surface area contributed by atoms with Crippen LogP contribution in [0.5, 0.6) is 5.75 Å². The van der Waals surface area contributed by atoms with Gasteiger partial charge in [0.1, 0.15) is 17.0 Å². The number of anilines is 2. The largest absolute Gasteiger partial charge is 0.483 e. The number of rotatable bonds is 2. The molecule has 0 aromatic heterocycles. The number of likely N-dealkylation sites (tertiary alicyclic amines) is 1. The van der Waals surface area contributed by atoms with Crippen molar-refractivity contribution in [3.05, 3.63) is 59.2 Å². The van der Waals surface area contributed by atoms with Gasteiger partial charge in [0.2, 0.25) is 11.8 Å². The molecule has 0 atom stereocenters. The van der Waals surface area contributed by atoms with Gasteiger partial charge in [-0.1, -0.05) is 12.1 Å². The molecule has 3 aliphatic heterocycles. The third-order valence-corrected chi connectivity index (χ3v) is 6.72. The van der Waals surface area contributed by atoms with Gasteiger partial charge < -0.3 is 25.0 Å². The first-order valence-electron chi connectivity index (χ1n) is 12.5. The lowest BCUT2D eigenvalue weighted by Gasteiger charge is -2.51. The fourth-order valence-corrected chi connectivity index (χ4v) is 5.04. The molecule has 8 nitrogen and oxygen atoms in total. The van der Waals surface area contributed by atoms with Crippen molar-refractivity contribution in [3.8, 4) is 5.75 Å². The second-order valence-corrected chi connectivity index (χ2v) is 11.0. The number of benzene rings is 2. The zero-order valence-corrected chi connectivity index (χ0v) is 21.7. The summed E-state index contributed by atoms with van der Waals surface area (Å²) in [6.07, 6.45) is -2.79. The van der Waals surface area contributed by atoms with Crippen molar-refractivity contribution in [2.45, 2.75) is 57.4 Å². The molecule has 3 aliphatic rings. The van der Waals surface area contributed by atoms with Gasteiger partial charge in [-0.2, -0.15) is 13.2 Å². The van der Waals surface area contributed by atoms with Gasteiger partial charge in [-0.25, -0.2) is 4.79 Å². The highest BCUT2D eigenvalue weighted by molar-refractivity contribution is 6.06. The predicted octanol–water partition coefficient (Wildman–Crippen LogP) is 5.38. The highest BCUT2D eigenvalue weighted by Gasteiger charge is 2.52. The number of hydrogen-bond donors (Lipinski definition) is 2. The normalized spacial score (nSPS) is 18.9. The molecule has 0 radical (unpaired) electrons. The SMILES string of the molecule is CC(C)(C)OC(=O)N1CC2(CC(=CC(=O)Nc3cccc4c3CCC(=O)N4)c3ccc(C(F)(F)F)cc3O2)C1. The Bertz CT molecular complexity index is 1390. The predicted molar refractivity (Wildman–Crippen MR) is 137 cm³/mol. The van der Waals surface area contributed by atoms with E-state index in [-0.39, 0.29) is 31.2 Å². The Kier molecular flexibility index (Phi) is 6.35. The number of nitrogens with zero attached hydrogens (tertiary/aromatic N) is 1. The number of fused-ring (bicyclic) bond motifs is 2. The van der Waals surface area contributed by atoms with Crippen LogP contribution in [0.25, 0.3) is 5.57 Å². The molecule has 1 spiro atoms. The Hall–Kier alpha value is -4.02. The molecule has 2 N–H and O–H groups in total. The van der Waals surface area contributed by atoms with Gasteiger partial charge in [-0.05, 0) is 62.6 Å². The van der Waals surface area contributed by atoms with Crippen LogP contribution in [0.4, 0.5) is 29.3 Å². The summed E-state index contributed by atoms with van der Waals surface area (Å²) in [5.74, 6) is -0.573. The van der Waals surface area contributed by atoms with Gasteiger partial charge in [0.25, 0.3) is 0 Å². The van der Waals surface area contributed by atoms with Crippen molar-refractivity contribution in [1.29, 1.82) is 0 Å². The summed E-state index contributed by atoms with van der Waals surface area (Å²) in [5.41, 5.74) is 0.275. The van der Waals surface area contributed by atoms with Crippen LogP contribution in [0.2, 0.25) is 0 Å². The summed E-state index contributed by atoms with van der Waals surface area (Å²) >= 11 is 0. The van der Waals surface area contributed by atoms with Crippen LogP contribution < -0.4 is 15.4 Å². The number of nitrogens with one attached hydrogen (secondary N) is 2. The van der Waals surface area contributed by atoms with E-state index in [1.807, 2.05) is 0 Å². The summed E-state index contributed by atoms with van der Waals surface area (Å²) in [7, 11) is 0. The molecule has 39 heavy (non-hydrogen) atoms. The Morgan fingerprint density at radius 3 is 2.56 bits per heavy atom. The average molecular weight is 544 g/mol. The first-order chi connectivity index (χ1) is 18.2. The second kappa shape index (κ2) is 9.32. The Balaban J connectivity index is 1.42. The van der Waals surface area contributed by atoms with Crippen molar-refractivity contribution < 1.29 is 37.0 Å². The number of carbonyl (C=O) groups excluding carboxylic acids is 3. The molecule has 206 valence electrons. The van der Waals surface area contributed by atoms with Crippen LogP contribution in [0.3, 0.4) is 0 Å². The van der Waals surface area contributed by atoms with E-state index in [0.717, 1.165) is 17.7 Å². The lowest BCUT2D eigenvalue weighted by molar-refractivity contribution is -0.138. The van der Waals surface area contributed by atoms with Gasteiger partial charge in [-0.3, -0.25) is 9.59 Å². The number of hydrogen-bond acceptors (Lipinski definition) is 5. The summed E-state index contributed by atoms with van der Waals surface area (Å²) in [5, 5.41) is 5.62. The average Bonchev–Trinajstić information content (AvgIpc) is 2.80. The molecule has 1 fully saturated rings. The first-order valence-corrected chi connectivity index (χ1v) is 12.5. The minimum Gasteiger partial charge on any atom is -0.483 e. The van der Waals surface area contributed by atoms with Crippen molar-refractivity contribution in [3.63, 3.8) is 0 Å². The summed E-state index contributed by atoms with van der Waals surface area (Å²) in [4.78, 5) is 38.8. The third kappa shape index (κ3) is 5.57. The van der Waals surface area contributed by atoms with Gasteiger partial charge >= 0.3 is 12.3 Å². The minimum atomic E-state index is -4.58. The summed E-state index contributed by atoms with van der Waals surface area (Å²) < 4.78 is 51.8. The van der Waals surface area contributed by atoms with E-state index in [4.69, 9.17) is 9.47 Å². The standard InChI is InChI=1S/C28H28F3N3O5/c1-26(2,3)39-25(37)34-14-27(15-34)13-16(18-8-7-17(28(29,30)31)12-22(18)38-27)11-24(36)33-21-6-4-5-20-19(21)9-10-23(35)32-20/h4-8,11-12H,9-10,13-15H2,1-3H3,(H,32,35)(H,33,36). The molecule has 2 aromatic carbocycles. The van der Waals surface area contributed by atoms with E-state index >= 15 is 0 Å². The summed E-state index contributed by atoms with van der Waals surface area (Å²) in [6.45, 7) is 5.42. The van der Waals surface area contributed by atoms with Crippen LogP contribution >= 0.6 is 0 Å². The summed E-state index contributed by atoms with van der Waals surface area (Å²) in [6, 6.07) is 8.37. The zero-order valence-electron chi connectivity index (χ0n) is 21.7. The molecule has 0 bridgehead atoms. The third-order valence-electron chi connectivity index (χ3n) is 6.72. The maximum atomic E-state index is 13.5. The van der Waals surface area contributed by atoms with Gasteiger partial charge in [0.05, 0.1) is 18.7 Å². The Morgan fingerprint density at radius 1 is 1.13 bits per heavy atom. The highest BCUT2D eigenvalue weighted by Crippen LogP contribution is 2.46. The van der Waals surface area contributed by atoms with E-state index in [1.165, 1.54) is 17.0 Å². The molecule has 0 unspecified atom stereocenters. The van der Waals surface area contributed by atoms with E-state index in [1.54, 1.807) is 39.0 Å². The molecule has 0 saturated carbocycles. The zero-order chi connectivity index (χ0) is 28.2. The van der Waals surface area contributed by atoms with Crippen molar-refractivity contribution in [2.75, 3.05) is 23.7 Å². The van der Waals surface area contributed by atoms with Gasteiger partial charge in [-0.15, -0.1) is 0 Å². The molecular weight excluding hydrogens is 515 g/mol. The highest BCUT2D eigenvalue weighted by atomic mass is 19.4. The monoisotopic (exact) mass is 543 g/mol. The maximum Gasteiger partial charge on any atom is 0.416 e. The molecule has 1 saturated heterocycles. The van der Waals surface area contributed by atoms with Gasteiger partial charge in [0, 0.05) is 35.9 Å². The number of alkyl halides is 3. The van der Waals surface area contributed by atoms with Crippen LogP contribution in [0, 0.1) is 0 Å². The fraction of sp³-hybridized carbons (Fsp3) is 0.393. The smallest absolute Gasteiger partial charge is 0.416 e. The van der Waals surface area contributed by atoms with Crippen LogP contribution in [-0.2, 0) is 26.9 Å². The number of halogens is 3. The Labute approximate surface area is 223 Å². The molecule has 3 amide bonds. The molecule has 5 rings (SSSR count). The van der Waals surface area contributed by atoms with Crippen molar-refractivity contribution in [1.82, 2.24) is 4.90 Å². The lowest BCUT2D eigenvalue weighted by Crippen LogP contribution is -2.67. The molecule has 2 aromatic rings. The van der Waals surface area contributed by atoms with Gasteiger partial charge in [0.15, 0.2) is 0 Å². The van der Waals surface area contributed by atoms with Crippen molar-refractivity contribution >= 4 is 34.9 Å². The van der Waals surface area contributed by atoms with E-state index in [9.17, 15) is 27.6 Å². The van der Waals surface area contributed by atoms with Crippen molar-refractivity contribution in [2.24, 2.45) is 0 Å². The quantitative estimate of drug-likeness (QED) is 0.496. The second-order valence-electron chi connectivity index (χ2n) is 11.0. The van der Waals surface area contributed by atoms with E-state index in [2.05, 4.69) is 10.6 Å². The number of amides is 3. The topological polar surface area (TPSA) is 97.0 Å². The first kappa shape index (κ1) is 26.6. The van der Waals surface area contributed by atoms with E-state index < -0.39 is 34.9 Å². The number of carbonyl (C=O) groups is 3. The molecule has 0 aliphatic carbocycles. The van der Waals surface area contributed by atoms with Crippen LogP contribution in [0.1, 0.15) is 50.3 Å². The van der Waals surface area contributed by atoms with Crippen LogP contribution in [-0.4, -0.2) is 47.1 Å². The van der Waals surface area contributed by atoms with Crippen LogP contribution in [0.15, 0.2) is 42.5 Å².